The molecule has 1 aliphatic carbocycles. The number of carbonyl (C=O) groups is 5. The molecule has 9 rings (SSSR count). The number of sulfonamides is 2. The van der Waals surface area contributed by atoms with E-state index in [1.165, 1.54) is 125 Å². The second kappa shape index (κ2) is 24.9. The number of hydrogen-bond acceptors (Lipinski definition) is 15. The predicted octanol–water partition coefficient (Wildman–Crippen LogP) is 6.85. The minimum absolute atomic E-state index is 0.00981. The summed E-state index contributed by atoms with van der Waals surface area (Å²) < 4.78 is 75.9. The Morgan fingerprint density at radius 3 is 1.57 bits per heavy atom. The van der Waals surface area contributed by atoms with Crippen molar-refractivity contribution in [2.45, 2.75) is 67.6 Å². The van der Waals surface area contributed by atoms with Crippen molar-refractivity contribution in [2.75, 3.05) is 26.3 Å². The molecule has 1 saturated carbocycles. The number of rotatable bonds is 27. The third-order valence-electron chi connectivity index (χ3n) is 13.8. The highest BCUT2D eigenvalue weighted by Gasteiger charge is 2.51. The summed E-state index contributed by atoms with van der Waals surface area (Å²) in [6.07, 6.45) is 0.112. The standard InChI is InChI=1S/C57H54N6O16S4/c1-2-62(30-38-6-4-24-80-38)54(70)52(60-82(74,75)40-13-17-44-36(26-40)11-19-48(64)58-44)43-16-10-35(29-47(43)79-33-57(21-22-57)56(72)73)34-9-15-42(46(28-34)78-23-3-8-50(66)67)53(55(71)63(32-51(68)69)31-39-7-5-25-81-39)61-83(76,77)41-14-18-45-37(27-41)12-20-49(65)59-45/h4-7,9-20,24-29,52-53,60-61H,2-3,8,21-23,30-33H2,1H3,(H,58,64)(H,59,65)(H,66,67)(H,68,69)(H,72,73)/t52-,53-/m0/s1. The number of carboxylic acid groups (broad SMARTS) is 3. The Morgan fingerprint density at radius 2 is 1.12 bits per heavy atom. The highest BCUT2D eigenvalue weighted by molar-refractivity contribution is 7.89. The van der Waals surface area contributed by atoms with Crippen molar-refractivity contribution >= 4 is 94.2 Å². The molecule has 0 saturated heterocycles. The Balaban J connectivity index is 1.17. The van der Waals surface area contributed by atoms with Gasteiger partial charge in [-0.1, -0.05) is 36.4 Å². The average Bonchev–Trinajstić information content (AvgIpc) is 3.90. The van der Waals surface area contributed by atoms with Gasteiger partial charge in [0.25, 0.3) is 0 Å². The van der Waals surface area contributed by atoms with E-state index < -0.39 is 91.5 Å². The maximum atomic E-state index is 15.0. The first-order valence-electron chi connectivity index (χ1n) is 25.8. The number of aromatic amines is 2. The van der Waals surface area contributed by atoms with Crippen LogP contribution in [-0.4, -0.2) is 108 Å². The number of H-pyrrole nitrogens is 2. The smallest absolute Gasteiger partial charge is 0.323 e. The van der Waals surface area contributed by atoms with Gasteiger partial charge in [-0.3, -0.25) is 33.6 Å². The first-order chi connectivity index (χ1) is 39.6. The lowest BCUT2D eigenvalue weighted by Gasteiger charge is -2.29. The number of amides is 2. The molecule has 0 unspecified atom stereocenters. The predicted molar refractivity (Wildman–Crippen MR) is 307 cm³/mol. The third-order valence-corrected chi connectivity index (χ3v) is 18.4. The summed E-state index contributed by atoms with van der Waals surface area (Å²) in [5.74, 6) is -5.66. The molecular weight excluding hydrogens is 1150 g/mol. The van der Waals surface area contributed by atoms with Crippen molar-refractivity contribution in [1.82, 2.24) is 29.2 Å². The van der Waals surface area contributed by atoms with Crippen molar-refractivity contribution in [3.05, 3.63) is 174 Å². The lowest BCUT2D eigenvalue weighted by molar-refractivity contribution is -0.145. The van der Waals surface area contributed by atoms with Crippen LogP contribution < -0.4 is 30.0 Å². The number of carboxylic acids is 3. The highest BCUT2D eigenvalue weighted by atomic mass is 32.2. The zero-order chi connectivity index (χ0) is 59.2. The maximum Gasteiger partial charge on any atom is 0.323 e. The van der Waals surface area contributed by atoms with Gasteiger partial charge in [-0.05, 0) is 132 Å². The topological polar surface area (TPSA) is 329 Å². The lowest BCUT2D eigenvalue weighted by Crippen LogP contribution is -2.44. The van der Waals surface area contributed by atoms with Crippen LogP contribution in [0.5, 0.6) is 11.5 Å². The molecule has 1 aliphatic rings. The molecule has 4 heterocycles. The van der Waals surface area contributed by atoms with E-state index in [0.717, 1.165) is 9.78 Å². The Morgan fingerprint density at radius 1 is 0.627 bits per heavy atom. The molecule has 1 fully saturated rings. The summed E-state index contributed by atoms with van der Waals surface area (Å²) in [6, 6.07) is 25.2. The van der Waals surface area contributed by atoms with E-state index in [9.17, 15) is 56.1 Å². The van der Waals surface area contributed by atoms with Gasteiger partial charge < -0.3 is 44.6 Å². The van der Waals surface area contributed by atoms with Crippen molar-refractivity contribution in [2.24, 2.45) is 5.41 Å². The summed E-state index contributed by atoms with van der Waals surface area (Å²) >= 11 is 2.61. The Labute approximate surface area is 482 Å². The van der Waals surface area contributed by atoms with Gasteiger partial charge >= 0.3 is 17.9 Å². The normalized spacial score (nSPS) is 13.7. The van der Waals surface area contributed by atoms with E-state index in [4.69, 9.17) is 9.47 Å². The molecule has 432 valence electrons. The van der Waals surface area contributed by atoms with Crippen LogP contribution in [0, 0.1) is 5.41 Å². The van der Waals surface area contributed by atoms with E-state index in [1.54, 1.807) is 30.5 Å². The number of thiophene rings is 2. The SMILES string of the molecule is CCN(Cc1cccs1)C(=O)[C@@H](NS(=O)(=O)c1ccc2[nH]c(=O)ccc2c1)c1ccc(-c2ccc([C@H](NS(=O)(=O)c3ccc4[nH]c(=O)ccc4c3)C(=O)N(CC(=O)O)Cc3cccs3)c(OCCCC(=O)O)c2)cc1OCC1(C(=O)O)CC1. The zero-order valence-corrected chi connectivity index (χ0v) is 47.4. The van der Waals surface area contributed by atoms with Gasteiger partial charge in [-0.25, -0.2) is 16.8 Å². The molecule has 0 aliphatic heterocycles. The monoisotopic (exact) mass is 1210 g/mol. The van der Waals surface area contributed by atoms with E-state index in [-0.39, 0.29) is 95.5 Å². The number of fused-ring (bicyclic) bond motifs is 2. The molecule has 0 bridgehead atoms. The number of nitrogens with zero attached hydrogens (tertiary/aromatic N) is 2. The Hall–Kier alpha value is -8.53. The number of likely N-dealkylation sites (N-methyl/N-ethyl adjacent to an activating group) is 1. The molecule has 2 atom stereocenters. The zero-order valence-electron chi connectivity index (χ0n) is 44.1. The molecule has 0 radical (unpaired) electrons. The van der Waals surface area contributed by atoms with Crippen LogP contribution in [0.15, 0.2) is 151 Å². The fraction of sp³-hybridized carbons (Fsp3) is 0.246. The molecule has 7 N–H and O–H groups in total. The molecule has 0 spiro atoms. The first kappa shape index (κ1) is 59.1. The van der Waals surface area contributed by atoms with Gasteiger partial charge in [-0.2, -0.15) is 9.44 Å². The fourth-order valence-corrected chi connectivity index (χ4v) is 13.0. The van der Waals surface area contributed by atoms with Crippen LogP contribution in [-0.2, 0) is 57.1 Å². The second-order valence-corrected chi connectivity index (χ2v) is 25.1. The maximum absolute atomic E-state index is 15.0. The summed E-state index contributed by atoms with van der Waals surface area (Å²) in [7, 11) is -9.33. The number of carbonyl (C=O) groups excluding carboxylic acids is 2. The van der Waals surface area contributed by atoms with Gasteiger partial charge in [0.05, 0.1) is 29.5 Å². The number of pyridine rings is 2. The van der Waals surface area contributed by atoms with Crippen molar-refractivity contribution in [3.63, 3.8) is 0 Å². The van der Waals surface area contributed by atoms with Crippen LogP contribution in [0.3, 0.4) is 0 Å². The van der Waals surface area contributed by atoms with Crippen LogP contribution >= 0.6 is 22.7 Å². The highest BCUT2D eigenvalue weighted by Crippen LogP contribution is 2.47. The fourth-order valence-electron chi connectivity index (χ4n) is 9.15. The van der Waals surface area contributed by atoms with Gasteiger partial charge in [0.1, 0.15) is 42.1 Å². The molecule has 83 heavy (non-hydrogen) atoms. The lowest BCUT2D eigenvalue weighted by atomic mass is 9.96. The van der Waals surface area contributed by atoms with E-state index in [2.05, 4.69) is 19.4 Å². The number of ether oxygens (including phenoxy) is 2. The third kappa shape index (κ3) is 14.0. The van der Waals surface area contributed by atoms with Crippen molar-refractivity contribution in [1.29, 1.82) is 0 Å². The summed E-state index contributed by atoms with van der Waals surface area (Å²) in [4.78, 5) is 99.3. The minimum atomic E-state index is -4.72. The summed E-state index contributed by atoms with van der Waals surface area (Å²) in [5.41, 5.74) is -1.03. The van der Waals surface area contributed by atoms with Gasteiger partial charge in [0, 0.05) is 57.0 Å². The molecule has 2 amide bonds. The molecule has 4 aromatic heterocycles. The van der Waals surface area contributed by atoms with Gasteiger partial charge in [0.2, 0.25) is 43.0 Å². The first-order valence-corrected chi connectivity index (χ1v) is 30.5. The van der Waals surface area contributed by atoms with Crippen LogP contribution in [0.2, 0.25) is 0 Å². The number of aromatic nitrogens is 2. The van der Waals surface area contributed by atoms with Crippen LogP contribution in [0.1, 0.15) is 65.6 Å². The molecule has 8 aromatic rings. The molecular formula is C57H54N6O16S4. The quantitative estimate of drug-likeness (QED) is 0.0259. The van der Waals surface area contributed by atoms with Crippen molar-refractivity contribution < 1.29 is 65.6 Å². The van der Waals surface area contributed by atoms with Crippen molar-refractivity contribution in [3.8, 4) is 22.6 Å². The van der Waals surface area contributed by atoms with E-state index in [1.807, 2.05) is 11.4 Å². The molecule has 4 aromatic carbocycles. The Kier molecular flexibility index (Phi) is 17.7. The number of aliphatic carboxylic acids is 3. The summed E-state index contributed by atoms with van der Waals surface area (Å²) in [6.45, 7) is 0.162. The second-order valence-electron chi connectivity index (χ2n) is 19.6. The number of nitrogens with one attached hydrogen (secondary N) is 4. The van der Waals surface area contributed by atoms with Gasteiger partial charge in [0.15, 0.2) is 0 Å². The van der Waals surface area contributed by atoms with E-state index in [0.29, 0.717) is 26.7 Å². The molecule has 26 heteroatoms. The largest absolute Gasteiger partial charge is 0.493 e. The van der Waals surface area contributed by atoms with Crippen LogP contribution in [0.4, 0.5) is 0 Å². The minimum Gasteiger partial charge on any atom is -0.493 e. The molecule has 22 nitrogen and oxygen atoms in total. The number of hydrogen-bond donors (Lipinski definition) is 7. The van der Waals surface area contributed by atoms with E-state index >= 15 is 9.59 Å². The summed E-state index contributed by atoms with van der Waals surface area (Å²) in [5, 5.41) is 34.1. The van der Waals surface area contributed by atoms with Crippen LogP contribution in [0.25, 0.3) is 32.9 Å². The average molecular weight is 1210 g/mol. The number of benzene rings is 4. The Bertz CT molecular complexity index is 4130. The van der Waals surface area contributed by atoms with Gasteiger partial charge in [-0.15, -0.1) is 22.7 Å².